The molecule has 15 heavy (non-hydrogen) atoms. The molecule has 2 nitrogen and oxygen atoms in total. The van der Waals surface area contributed by atoms with E-state index in [1.54, 1.807) is 0 Å². The Morgan fingerprint density at radius 1 is 1.40 bits per heavy atom. The maximum absolute atomic E-state index is 12.0. The minimum atomic E-state index is 0.210. The number of rotatable bonds is 3. The van der Waals surface area contributed by atoms with Crippen molar-refractivity contribution < 1.29 is 4.79 Å². The van der Waals surface area contributed by atoms with Crippen LogP contribution in [-0.2, 0) is 6.54 Å². The zero-order chi connectivity index (χ0) is 10.8. The smallest absolute Gasteiger partial charge is 0.254 e. The van der Waals surface area contributed by atoms with Gasteiger partial charge in [-0.1, -0.05) is 25.5 Å². The molecule has 0 aromatic heterocycles. The maximum atomic E-state index is 12.0. The third kappa shape index (κ3) is 1.76. The van der Waals surface area contributed by atoms with Gasteiger partial charge in [-0.3, -0.25) is 4.79 Å². The summed E-state index contributed by atoms with van der Waals surface area (Å²) in [6, 6.07) is 5.99. The Morgan fingerprint density at radius 2 is 2.20 bits per heavy atom. The molecule has 1 aliphatic rings. The Kier molecular flexibility index (Phi) is 2.76. The molecular formula is C13H17NO. The standard InChI is InChI=1S/C13H17NO/c1-3-4-8-14-9-12-10(2)6-5-7-11(12)13(14)15/h5-7H,3-4,8-9H2,1-2H3. The maximum Gasteiger partial charge on any atom is 0.254 e. The first-order valence-electron chi connectivity index (χ1n) is 5.61. The quantitative estimate of drug-likeness (QED) is 0.739. The number of hydrogen-bond acceptors (Lipinski definition) is 1. The topological polar surface area (TPSA) is 20.3 Å². The molecule has 2 heteroatoms. The van der Waals surface area contributed by atoms with Gasteiger partial charge in [0.05, 0.1) is 0 Å². The van der Waals surface area contributed by atoms with Crippen molar-refractivity contribution in [2.75, 3.05) is 6.54 Å². The third-order valence-corrected chi connectivity index (χ3v) is 3.06. The predicted molar refractivity (Wildman–Crippen MR) is 60.8 cm³/mol. The monoisotopic (exact) mass is 203 g/mol. The van der Waals surface area contributed by atoms with Gasteiger partial charge in [0.25, 0.3) is 5.91 Å². The fourth-order valence-electron chi connectivity index (χ4n) is 2.08. The largest absolute Gasteiger partial charge is 0.334 e. The van der Waals surface area contributed by atoms with Crippen molar-refractivity contribution in [3.63, 3.8) is 0 Å². The zero-order valence-corrected chi connectivity index (χ0v) is 9.42. The van der Waals surface area contributed by atoms with E-state index < -0.39 is 0 Å². The van der Waals surface area contributed by atoms with Gasteiger partial charge in [0.2, 0.25) is 0 Å². The van der Waals surface area contributed by atoms with Crippen LogP contribution in [0.15, 0.2) is 18.2 Å². The SMILES string of the molecule is CCCCN1Cc2c(C)cccc2C1=O. The number of nitrogens with zero attached hydrogens (tertiary/aromatic N) is 1. The minimum absolute atomic E-state index is 0.210. The van der Waals surface area contributed by atoms with Gasteiger partial charge in [-0.2, -0.15) is 0 Å². The number of amides is 1. The lowest BCUT2D eigenvalue weighted by Crippen LogP contribution is -2.24. The summed E-state index contributed by atoms with van der Waals surface area (Å²) in [5, 5.41) is 0. The van der Waals surface area contributed by atoms with Crippen LogP contribution in [0.25, 0.3) is 0 Å². The van der Waals surface area contributed by atoms with Crippen LogP contribution >= 0.6 is 0 Å². The van der Waals surface area contributed by atoms with Gasteiger partial charge in [0.1, 0.15) is 0 Å². The fraction of sp³-hybridized carbons (Fsp3) is 0.462. The molecule has 0 unspecified atom stereocenters. The van der Waals surface area contributed by atoms with Crippen molar-refractivity contribution in [3.8, 4) is 0 Å². The molecule has 0 saturated carbocycles. The molecule has 1 aromatic rings. The van der Waals surface area contributed by atoms with Gasteiger partial charge in [-0.15, -0.1) is 0 Å². The number of hydrogen-bond donors (Lipinski definition) is 0. The predicted octanol–water partition coefficient (Wildman–Crippen LogP) is 2.75. The molecule has 0 fully saturated rings. The lowest BCUT2D eigenvalue weighted by Gasteiger charge is -2.14. The molecule has 0 aliphatic carbocycles. The number of benzene rings is 1. The highest BCUT2D eigenvalue weighted by Gasteiger charge is 2.27. The van der Waals surface area contributed by atoms with Crippen LogP contribution in [0, 0.1) is 6.92 Å². The molecule has 0 atom stereocenters. The number of carbonyl (C=O) groups is 1. The summed E-state index contributed by atoms with van der Waals surface area (Å²) in [4.78, 5) is 13.9. The Morgan fingerprint density at radius 3 is 2.87 bits per heavy atom. The van der Waals surface area contributed by atoms with E-state index in [1.165, 1.54) is 11.1 Å². The number of fused-ring (bicyclic) bond motifs is 1. The van der Waals surface area contributed by atoms with Crippen LogP contribution in [0.5, 0.6) is 0 Å². The Hall–Kier alpha value is -1.31. The van der Waals surface area contributed by atoms with E-state index in [4.69, 9.17) is 0 Å². The number of unbranched alkanes of at least 4 members (excludes halogenated alkanes) is 1. The third-order valence-electron chi connectivity index (χ3n) is 3.06. The van der Waals surface area contributed by atoms with E-state index in [0.717, 1.165) is 31.5 Å². The second-order valence-electron chi connectivity index (χ2n) is 4.18. The van der Waals surface area contributed by atoms with E-state index in [0.29, 0.717) is 0 Å². The summed E-state index contributed by atoms with van der Waals surface area (Å²) in [7, 11) is 0. The second kappa shape index (κ2) is 4.05. The highest BCUT2D eigenvalue weighted by atomic mass is 16.2. The van der Waals surface area contributed by atoms with Crippen molar-refractivity contribution in [3.05, 3.63) is 34.9 Å². The van der Waals surface area contributed by atoms with Crippen molar-refractivity contribution >= 4 is 5.91 Å². The highest BCUT2D eigenvalue weighted by molar-refractivity contribution is 5.98. The molecule has 0 spiro atoms. The average molecular weight is 203 g/mol. The average Bonchev–Trinajstić information content (AvgIpc) is 2.55. The summed E-state index contributed by atoms with van der Waals surface area (Å²) < 4.78 is 0. The van der Waals surface area contributed by atoms with Gasteiger partial charge in [0.15, 0.2) is 0 Å². The van der Waals surface area contributed by atoms with E-state index in [1.807, 2.05) is 17.0 Å². The Balaban J connectivity index is 2.22. The molecule has 0 bridgehead atoms. The number of carbonyl (C=O) groups excluding carboxylic acids is 1. The molecule has 1 heterocycles. The molecular weight excluding hydrogens is 186 g/mol. The minimum Gasteiger partial charge on any atom is -0.334 e. The van der Waals surface area contributed by atoms with E-state index in [9.17, 15) is 4.79 Å². The van der Waals surface area contributed by atoms with Crippen molar-refractivity contribution in [2.45, 2.75) is 33.2 Å². The van der Waals surface area contributed by atoms with Crippen LogP contribution in [0.4, 0.5) is 0 Å². The van der Waals surface area contributed by atoms with Gasteiger partial charge < -0.3 is 4.90 Å². The van der Waals surface area contributed by atoms with Crippen molar-refractivity contribution in [2.24, 2.45) is 0 Å². The summed E-state index contributed by atoms with van der Waals surface area (Å²) in [6.45, 7) is 5.93. The van der Waals surface area contributed by atoms with Crippen molar-refractivity contribution in [1.82, 2.24) is 4.90 Å². The van der Waals surface area contributed by atoms with Crippen LogP contribution in [0.3, 0.4) is 0 Å². The molecule has 80 valence electrons. The molecule has 1 aromatic carbocycles. The van der Waals surface area contributed by atoms with Crippen LogP contribution < -0.4 is 0 Å². The molecule has 0 N–H and O–H groups in total. The van der Waals surface area contributed by atoms with Crippen LogP contribution in [0.1, 0.15) is 41.3 Å². The number of aryl methyl sites for hydroxylation is 1. The molecule has 0 radical (unpaired) electrons. The van der Waals surface area contributed by atoms with E-state index in [2.05, 4.69) is 19.9 Å². The Bertz CT molecular complexity index is 384. The first-order valence-corrected chi connectivity index (χ1v) is 5.61. The van der Waals surface area contributed by atoms with Crippen LogP contribution in [-0.4, -0.2) is 17.4 Å². The fourth-order valence-corrected chi connectivity index (χ4v) is 2.08. The van der Waals surface area contributed by atoms with Crippen molar-refractivity contribution in [1.29, 1.82) is 0 Å². The first-order chi connectivity index (χ1) is 7.24. The Labute approximate surface area is 90.9 Å². The van der Waals surface area contributed by atoms with E-state index >= 15 is 0 Å². The van der Waals surface area contributed by atoms with Gasteiger partial charge in [-0.05, 0) is 30.5 Å². The second-order valence-corrected chi connectivity index (χ2v) is 4.18. The zero-order valence-electron chi connectivity index (χ0n) is 9.42. The van der Waals surface area contributed by atoms with Gasteiger partial charge in [0, 0.05) is 18.7 Å². The van der Waals surface area contributed by atoms with E-state index in [-0.39, 0.29) is 5.91 Å². The molecule has 1 amide bonds. The first kappa shape index (κ1) is 10.2. The molecule has 0 saturated heterocycles. The molecule has 1 aliphatic heterocycles. The summed E-state index contributed by atoms with van der Waals surface area (Å²) in [6.07, 6.45) is 2.23. The lowest BCUT2D eigenvalue weighted by molar-refractivity contribution is 0.0776. The summed E-state index contributed by atoms with van der Waals surface area (Å²) in [5.41, 5.74) is 3.37. The summed E-state index contributed by atoms with van der Waals surface area (Å²) >= 11 is 0. The summed E-state index contributed by atoms with van der Waals surface area (Å²) in [5.74, 6) is 0.210. The highest BCUT2D eigenvalue weighted by Crippen LogP contribution is 2.25. The van der Waals surface area contributed by atoms with Gasteiger partial charge >= 0.3 is 0 Å². The lowest BCUT2D eigenvalue weighted by atomic mass is 10.1. The van der Waals surface area contributed by atoms with Crippen LogP contribution in [0.2, 0.25) is 0 Å². The normalized spacial score (nSPS) is 14.5. The molecule has 2 rings (SSSR count). The van der Waals surface area contributed by atoms with Gasteiger partial charge in [-0.25, -0.2) is 0 Å².